The Morgan fingerprint density at radius 1 is 1.30 bits per heavy atom. The third-order valence-corrected chi connectivity index (χ3v) is 5.66. The quantitative estimate of drug-likeness (QED) is 0.812. The number of hydrogen-bond donors (Lipinski definition) is 2. The number of rotatable bonds is 3. The largest absolute Gasteiger partial charge is 0.481 e. The number of carboxylic acid groups (broad SMARTS) is 1. The van der Waals surface area contributed by atoms with E-state index >= 15 is 0 Å². The van der Waals surface area contributed by atoms with Crippen LogP contribution in [0, 0.1) is 22.6 Å². The first-order valence-electron chi connectivity index (χ1n) is 8.45. The Bertz CT molecular complexity index is 968. The lowest BCUT2D eigenvalue weighted by Crippen LogP contribution is -2.53. The van der Waals surface area contributed by atoms with Gasteiger partial charge in [0.05, 0.1) is 22.8 Å². The van der Waals surface area contributed by atoms with Crippen LogP contribution in [0.1, 0.15) is 30.9 Å². The molecule has 0 spiro atoms. The third kappa shape index (κ3) is 3.07. The number of nitrogens with zero attached hydrogens (tertiary/aromatic N) is 1. The standard InChI is InChI=1S/C21H18ClFN2O2/c1-12-21(2,20(26)27)18(15-9-8-14(23)10-17(15)22)16(11-24)19(25-12)13-6-4-3-5-7-13/h3-10,12,18,25H,1-2H3,(H,26,27). The molecular weight excluding hydrogens is 367 g/mol. The van der Waals surface area contributed by atoms with Gasteiger partial charge in [-0.25, -0.2) is 4.39 Å². The van der Waals surface area contributed by atoms with Crippen molar-refractivity contribution in [1.29, 1.82) is 5.26 Å². The second-order valence-corrected chi connectivity index (χ2v) is 7.23. The normalized spacial score (nSPS) is 24.9. The van der Waals surface area contributed by atoms with Gasteiger partial charge in [-0.05, 0) is 37.1 Å². The summed E-state index contributed by atoms with van der Waals surface area (Å²) in [5.74, 6) is -2.42. The number of carbonyl (C=O) groups is 1. The van der Waals surface area contributed by atoms with E-state index in [0.29, 0.717) is 11.3 Å². The molecule has 138 valence electrons. The highest BCUT2D eigenvalue weighted by Crippen LogP contribution is 2.50. The van der Waals surface area contributed by atoms with Crippen molar-refractivity contribution >= 4 is 23.3 Å². The molecule has 27 heavy (non-hydrogen) atoms. The van der Waals surface area contributed by atoms with E-state index in [2.05, 4.69) is 11.4 Å². The topological polar surface area (TPSA) is 73.1 Å². The lowest BCUT2D eigenvalue weighted by atomic mass is 9.63. The van der Waals surface area contributed by atoms with Gasteiger partial charge in [0.25, 0.3) is 0 Å². The first-order chi connectivity index (χ1) is 12.8. The number of hydrogen-bond acceptors (Lipinski definition) is 3. The highest BCUT2D eigenvalue weighted by molar-refractivity contribution is 6.31. The van der Waals surface area contributed by atoms with Gasteiger partial charge in [0.15, 0.2) is 0 Å². The fourth-order valence-electron chi connectivity index (χ4n) is 3.63. The van der Waals surface area contributed by atoms with Gasteiger partial charge < -0.3 is 10.4 Å². The number of benzene rings is 2. The monoisotopic (exact) mass is 384 g/mol. The van der Waals surface area contributed by atoms with E-state index in [-0.39, 0.29) is 10.6 Å². The minimum Gasteiger partial charge on any atom is -0.481 e. The van der Waals surface area contributed by atoms with Crippen LogP contribution >= 0.6 is 11.6 Å². The number of allylic oxidation sites excluding steroid dienone is 1. The van der Waals surface area contributed by atoms with Crippen LogP contribution in [0.3, 0.4) is 0 Å². The van der Waals surface area contributed by atoms with E-state index < -0.39 is 29.2 Å². The van der Waals surface area contributed by atoms with E-state index in [0.717, 1.165) is 11.6 Å². The van der Waals surface area contributed by atoms with Crippen LogP contribution in [-0.2, 0) is 4.79 Å². The zero-order chi connectivity index (χ0) is 19.8. The molecule has 3 unspecified atom stereocenters. The Balaban J connectivity index is 2.34. The second-order valence-electron chi connectivity index (χ2n) is 6.82. The Hall–Kier alpha value is -2.84. The molecule has 2 aromatic carbocycles. The molecule has 0 saturated heterocycles. The molecule has 0 amide bonds. The van der Waals surface area contributed by atoms with E-state index in [4.69, 9.17) is 11.6 Å². The van der Waals surface area contributed by atoms with Gasteiger partial charge >= 0.3 is 5.97 Å². The van der Waals surface area contributed by atoms with Crippen LogP contribution in [0.5, 0.6) is 0 Å². The molecule has 1 aliphatic heterocycles. The molecule has 0 radical (unpaired) electrons. The lowest BCUT2D eigenvalue weighted by Gasteiger charge is -2.44. The number of nitriles is 1. The van der Waals surface area contributed by atoms with Crippen molar-refractivity contribution in [2.24, 2.45) is 5.41 Å². The van der Waals surface area contributed by atoms with E-state index in [1.165, 1.54) is 12.1 Å². The average molecular weight is 385 g/mol. The SMILES string of the molecule is CC1NC(c2ccccc2)=C(C#N)C(c2ccc(F)cc2Cl)C1(C)C(=O)O. The minimum absolute atomic E-state index is 0.0988. The molecule has 0 bridgehead atoms. The van der Waals surface area contributed by atoms with Crippen LogP contribution in [0.25, 0.3) is 5.70 Å². The first-order valence-corrected chi connectivity index (χ1v) is 8.83. The van der Waals surface area contributed by atoms with Gasteiger partial charge in [-0.2, -0.15) is 5.26 Å². The summed E-state index contributed by atoms with van der Waals surface area (Å²) in [6.45, 7) is 3.34. The zero-order valence-electron chi connectivity index (χ0n) is 14.8. The van der Waals surface area contributed by atoms with Crippen LogP contribution in [0.2, 0.25) is 5.02 Å². The number of nitrogens with one attached hydrogen (secondary N) is 1. The van der Waals surface area contributed by atoms with Gasteiger partial charge in [0, 0.05) is 17.0 Å². The maximum Gasteiger partial charge on any atom is 0.312 e. The molecule has 0 aromatic heterocycles. The van der Waals surface area contributed by atoms with Gasteiger partial charge in [0.2, 0.25) is 0 Å². The average Bonchev–Trinajstić information content (AvgIpc) is 2.64. The number of halogens is 2. The van der Waals surface area contributed by atoms with Gasteiger partial charge in [-0.15, -0.1) is 0 Å². The Kier molecular flexibility index (Phi) is 4.95. The van der Waals surface area contributed by atoms with Crippen molar-refractivity contribution in [1.82, 2.24) is 5.32 Å². The van der Waals surface area contributed by atoms with Gasteiger partial charge in [-0.1, -0.05) is 48.0 Å². The molecule has 6 heteroatoms. The molecule has 2 N–H and O–H groups in total. The highest BCUT2D eigenvalue weighted by Gasteiger charge is 2.53. The summed E-state index contributed by atoms with van der Waals surface area (Å²) < 4.78 is 13.6. The maximum atomic E-state index is 13.6. The summed E-state index contributed by atoms with van der Waals surface area (Å²) in [6, 6.07) is 14.7. The predicted molar refractivity (Wildman–Crippen MR) is 101 cm³/mol. The predicted octanol–water partition coefficient (Wildman–Crippen LogP) is 4.58. The minimum atomic E-state index is -1.36. The molecule has 2 aromatic rings. The Morgan fingerprint density at radius 3 is 2.52 bits per heavy atom. The molecular formula is C21H18ClFN2O2. The summed E-state index contributed by atoms with van der Waals surface area (Å²) in [7, 11) is 0. The third-order valence-electron chi connectivity index (χ3n) is 5.34. The molecule has 0 fully saturated rings. The van der Waals surface area contributed by atoms with Crippen LogP contribution < -0.4 is 5.32 Å². The molecule has 0 saturated carbocycles. The molecule has 4 nitrogen and oxygen atoms in total. The van der Waals surface area contributed by atoms with Crippen LogP contribution in [0.15, 0.2) is 54.1 Å². The van der Waals surface area contributed by atoms with Crippen molar-refractivity contribution in [2.45, 2.75) is 25.8 Å². The molecule has 3 rings (SSSR count). The molecule has 3 atom stereocenters. The van der Waals surface area contributed by atoms with Crippen molar-refractivity contribution in [3.8, 4) is 6.07 Å². The summed E-state index contributed by atoms with van der Waals surface area (Å²) in [5.41, 5.74) is 0.662. The Morgan fingerprint density at radius 2 is 1.96 bits per heavy atom. The Labute approximate surface area is 161 Å². The fraction of sp³-hybridized carbons (Fsp3) is 0.238. The van der Waals surface area contributed by atoms with Crippen molar-refractivity contribution < 1.29 is 14.3 Å². The zero-order valence-corrected chi connectivity index (χ0v) is 15.6. The number of carboxylic acids is 1. The summed E-state index contributed by atoms with van der Waals surface area (Å²) in [5, 5.41) is 23.3. The highest BCUT2D eigenvalue weighted by atomic mass is 35.5. The summed E-state index contributed by atoms with van der Waals surface area (Å²) >= 11 is 6.27. The fourth-order valence-corrected chi connectivity index (χ4v) is 3.90. The van der Waals surface area contributed by atoms with Crippen molar-refractivity contribution in [3.05, 3.63) is 76.1 Å². The number of aliphatic carboxylic acids is 1. The van der Waals surface area contributed by atoms with Gasteiger partial charge in [0.1, 0.15) is 5.82 Å². The molecule has 1 aliphatic rings. The van der Waals surface area contributed by atoms with E-state index in [1.807, 2.05) is 30.3 Å². The molecule has 1 heterocycles. The molecule has 0 aliphatic carbocycles. The lowest BCUT2D eigenvalue weighted by molar-refractivity contribution is -0.150. The maximum absolute atomic E-state index is 13.6. The summed E-state index contributed by atoms with van der Waals surface area (Å²) in [4.78, 5) is 12.3. The van der Waals surface area contributed by atoms with Crippen molar-refractivity contribution in [2.75, 3.05) is 0 Å². The van der Waals surface area contributed by atoms with E-state index in [9.17, 15) is 19.6 Å². The van der Waals surface area contributed by atoms with Crippen LogP contribution in [0.4, 0.5) is 4.39 Å². The summed E-state index contributed by atoms with van der Waals surface area (Å²) in [6.07, 6.45) is 0. The van der Waals surface area contributed by atoms with E-state index in [1.54, 1.807) is 13.8 Å². The van der Waals surface area contributed by atoms with Gasteiger partial charge in [-0.3, -0.25) is 4.79 Å². The smallest absolute Gasteiger partial charge is 0.312 e. The second kappa shape index (κ2) is 7.05. The van der Waals surface area contributed by atoms with Crippen molar-refractivity contribution in [3.63, 3.8) is 0 Å². The first kappa shape index (κ1) is 18.9. The van der Waals surface area contributed by atoms with Crippen LogP contribution in [-0.4, -0.2) is 17.1 Å².